The number of rotatable bonds is 4. The second kappa shape index (κ2) is 6.24. The van der Waals surface area contributed by atoms with Gasteiger partial charge in [-0.25, -0.2) is 0 Å². The summed E-state index contributed by atoms with van der Waals surface area (Å²) < 4.78 is 10.5. The predicted octanol–water partition coefficient (Wildman–Crippen LogP) is 4.11. The molecule has 2 rings (SSSR count). The summed E-state index contributed by atoms with van der Waals surface area (Å²) >= 11 is 0. The summed E-state index contributed by atoms with van der Waals surface area (Å²) in [6.07, 6.45) is 0.181. The number of nitrogens with one attached hydrogen (secondary N) is 1. The van der Waals surface area contributed by atoms with Gasteiger partial charge >= 0.3 is 0 Å². The number of methoxy groups -OCH3 is 1. The van der Waals surface area contributed by atoms with Gasteiger partial charge in [0.1, 0.15) is 5.75 Å². The number of ether oxygens (including phenoxy) is 2. The van der Waals surface area contributed by atoms with Gasteiger partial charge in [-0.05, 0) is 49.2 Å². The van der Waals surface area contributed by atoms with E-state index in [4.69, 9.17) is 14.9 Å². The summed E-state index contributed by atoms with van der Waals surface area (Å²) in [6, 6.07) is 15.8. The molecule has 0 spiro atoms. The highest BCUT2D eigenvalue weighted by Gasteiger charge is 2.03. The Balaban J connectivity index is 2.17. The fourth-order valence-electron chi connectivity index (χ4n) is 1.93. The first-order valence-electron chi connectivity index (χ1n) is 6.60. The van der Waals surface area contributed by atoms with Crippen LogP contribution in [0.4, 0.5) is 0 Å². The highest BCUT2D eigenvalue weighted by atomic mass is 16.5. The van der Waals surface area contributed by atoms with Gasteiger partial charge < -0.3 is 9.47 Å². The molecule has 0 saturated heterocycles. The molecule has 3 nitrogen and oxygen atoms in total. The van der Waals surface area contributed by atoms with Crippen LogP contribution in [0, 0.1) is 5.41 Å². The first kappa shape index (κ1) is 14.1. The van der Waals surface area contributed by atoms with Crippen LogP contribution in [0.5, 0.6) is 5.75 Å². The van der Waals surface area contributed by atoms with Gasteiger partial charge in [-0.1, -0.05) is 24.3 Å². The van der Waals surface area contributed by atoms with Gasteiger partial charge in [0.2, 0.25) is 5.90 Å². The molecule has 0 atom stereocenters. The molecule has 104 valence electrons. The Labute approximate surface area is 119 Å². The van der Waals surface area contributed by atoms with Crippen molar-refractivity contribution in [3.05, 3.63) is 54.1 Å². The Kier molecular flexibility index (Phi) is 4.41. The third kappa shape index (κ3) is 3.38. The lowest BCUT2D eigenvalue weighted by Crippen LogP contribution is -2.05. The monoisotopic (exact) mass is 269 g/mol. The van der Waals surface area contributed by atoms with Crippen LogP contribution in [0.1, 0.15) is 19.4 Å². The van der Waals surface area contributed by atoms with Crippen LogP contribution < -0.4 is 4.74 Å². The maximum atomic E-state index is 7.61. The van der Waals surface area contributed by atoms with E-state index in [1.807, 2.05) is 62.4 Å². The summed E-state index contributed by atoms with van der Waals surface area (Å²) in [4.78, 5) is 0. The summed E-state index contributed by atoms with van der Waals surface area (Å²) in [7, 11) is 1.50. The van der Waals surface area contributed by atoms with Gasteiger partial charge in [0, 0.05) is 5.56 Å². The second-order valence-corrected chi connectivity index (χ2v) is 4.80. The van der Waals surface area contributed by atoms with Crippen LogP contribution in [-0.4, -0.2) is 19.1 Å². The highest BCUT2D eigenvalue weighted by Crippen LogP contribution is 2.23. The van der Waals surface area contributed by atoms with E-state index in [-0.39, 0.29) is 12.0 Å². The Morgan fingerprint density at radius 1 is 0.900 bits per heavy atom. The Morgan fingerprint density at radius 3 is 1.85 bits per heavy atom. The average molecular weight is 269 g/mol. The molecule has 0 aliphatic carbocycles. The van der Waals surface area contributed by atoms with Crippen LogP contribution in [0.15, 0.2) is 48.5 Å². The van der Waals surface area contributed by atoms with Crippen molar-refractivity contribution in [1.82, 2.24) is 0 Å². The summed E-state index contributed by atoms with van der Waals surface area (Å²) in [6.45, 7) is 4.02. The van der Waals surface area contributed by atoms with E-state index in [0.29, 0.717) is 0 Å². The number of benzene rings is 2. The minimum atomic E-state index is 0.178. The summed E-state index contributed by atoms with van der Waals surface area (Å²) in [5.41, 5.74) is 3.00. The zero-order chi connectivity index (χ0) is 14.5. The van der Waals surface area contributed by atoms with Crippen molar-refractivity contribution >= 4 is 5.90 Å². The van der Waals surface area contributed by atoms with Crippen LogP contribution in [0.3, 0.4) is 0 Å². The number of hydrogen-bond acceptors (Lipinski definition) is 3. The van der Waals surface area contributed by atoms with Crippen molar-refractivity contribution < 1.29 is 9.47 Å². The highest BCUT2D eigenvalue weighted by molar-refractivity contribution is 5.92. The van der Waals surface area contributed by atoms with Crippen LogP contribution >= 0.6 is 0 Å². The minimum Gasteiger partial charge on any atom is -0.491 e. The molecular formula is C17H19NO2. The van der Waals surface area contributed by atoms with Gasteiger partial charge in [-0.2, -0.15) is 0 Å². The molecule has 0 amide bonds. The minimum absolute atomic E-state index is 0.178. The van der Waals surface area contributed by atoms with Crippen molar-refractivity contribution in [2.75, 3.05) is 7.11 Å². The first-order chi connectivity index (χ1) is 9.60. The molecule has 0 unspecified atom stereocenters. The van der Waals surface area contributed by atoms with E-state index in [0.717, 1.165) is 22.4 Å². The van der Waals surface area contributed by atoms with Crippen molar-refractivity contribution in [3.8, 4) is 16.9 Å². The smallest absolute Gasteiger partial charge is 0.212 e. The van der Waals surface area contributed by atoms with Crippen molar-refractivity contribution in [1.29, 1.82) is 5.41 Å². The van der Waals surface area contributed by atoms with Crippen molar-refractivity contribution in [3.63, 3.8) is 0 Å². The van der Waals surface area contributed by atoms with Gasteiger partial charge in [0.05, 0.1) is 13.2 Å². The van der Waals surface area contributed by atoms with Crippen LogP contribution in [0.25, 0.3) is 11.1 Å². The zero-order valence-electron chi connectivity index (χ0n) is 12.0. The molecule has 0 heterocycles. The fraction of sp³-hybridized carbons (Fsp3) is 0.235. The van der Waals surface area contributed by atoms with E-state index in [2.05, 4.69) is 0 Å². The summed E-state index contributed by atoms with van der Waals surface area (Å²) in [5, 5.41) is 7.61. The Bertz CT molecular complexity index is 571. The van der Waals surface area contributed by atoms with Gasteiger partial charge in [-0.15, -0.1) is 0 Å². The largest absolute Gasteiger partial charge is 0.491 e. The lowest BCUT2D eigenvalue weighted by atomic mass is 10.0. The maximum absolute atomic E-state index is 7.61. The second-order valence-electron chi connectivity index (χ2n) is 4.80. The van der Waals surface area contributed by atoms with Crippen LogP contribution in [0.2, 0.25) is 0 Å². The van der Waals surface area contributed by atoms with Gasteiger partial charge in [0.15, 0.2) is 0 Å². The molecule has 0 bridgehead atoms. The van der Waals surface area contributed by atoms with E-state index < -0.39 is 0 Å². The van der Waals surface area contributed by atoms with Crippen molar-refractivity contribution in [2.45, 2.75) is 20.0 Å². The SMILES string of the molecule is COC(=N)c1ccc(-c2ccc(OC(C)C)cc2)cc1. The summed E-state index contributed by atoms with van der Waals surface area (Å²) in [5.74, 6) is 1.05. The third-order valence-electron chi connectivity index (χ3n) is 2.91. The molecule has 0 radical (unpaired) electrons. The molecule has 2 aromatic carbocycles. The lowest BCUT2D eigenvalue weighted by Gasteiger charge is -2.10. The molecule has 20 heavy (non-hydrogen) atoms. The van der Waals surface area contributed by atoms with E-state index in [1.165, 1.54) is 7.11 Å². The lowest BCUT2D eigenvalue weighted by molar-refractivity contribution is 0.242. The van der Waals surface area contributed by atoms with Crippen LogP contribution in [-0.2, 0) is 4.74 Å². The molecule has 1 N–H and O–H groups in total. The first-order valence-corrected chi connectivity index (χ1v) is 6.60. The topological polar surface area (TPSA) is 42.3 Å². The van der Waals surface area contributed by atoms with Gasteiger partial charge in [-0.3, -0.25) is 5.41 Å². The van der Waals surface area contributed by atoms with Crippen molar-refractivity contribution in [2.24, 2.45) is 0 Å². The fourth-order valence-corrected chi connectivity index (χ4v) is 1.93. The van der Waals surface area contributed by atoms with Gasteiger partial charge in [0.25, 0.3) is 0 Å². The quantitative estimate of drug-likeness (QED) is 0.670. The third-order valence-corrected chi connectivity index (χ3v) is 2.91. The molecule has 2 aromatic rings. The molecular weight excluding hydrogens is 250 g/mol. The van der Waals surface area contributed by atoms with E-state index >= 15 is 0 Å². The molecule has 3 heteroatoms. The Hall–Kier alpha value is -2.29. The normalized spacial score (nSPS) is 10.4. The average Bonchev–Trinajstić information content (AvgIpc) is 2.47. The molecule has 0 aliphatic heterocycles. The Morgan fingerprint density at radius 2 is 1.40 bits per heavy atom. The molecule has 0 aliphatic rings. The molecule has 0 fully saturated rings. The molecule has 0 aromatic heterocycles. The van der Waals surface area contributed by atoms with E-state index in [9.17, 15) is 0 Å². The van der Waals surface area contributed by atoms with E-state index in [1.54, 1.807) is 0 Å². The standard InChI is InChI=1S/C17H19NO2/c1-12(2)20-16-10-8-14(9-11-16)13-4-6-15(7-5-13)17(18)19-3/h4-12,18H,1-3H3. The predicted molar refractivity (Wildman–Crippen MR) is 81.5 cm³/mol. The molecule has 0 saturated carbocycles. The number of hydrogen-bond donors (Lipinski definition) is 1. The zero-order valence-corrected chi connectivity index (χ0v) is 12.0. The maximum Gasteiger partial charge on any atom is 0.212 e.